The van der Waals surface area contributed by atoms with Gasteiger partial charge in [0, 0.05) is 10.5 Å². The van der Waals surface area contributed by atoms with Crippen molar-refractivity contribution in [3.8, 4) is 0 Å². The van der Waals surface area contributed by atoms with Crippen molar-refractivity contribution in [1.82, 2.24) is 0 Å². The summed E-state index contributed by atoms with van der Waals surface area (Å²) in [5.41, 5.74) is 2.18. The van der Waals surface area contributed by atoms with Crippen LogP contribution in [0.25, 0.3) is 0 Å². The van der Waals surface area contributed by atoms with Crippen LogP contribution in [0.2, 0.25) is 5.02 Å². The smallest absolute Gasteiger partial charge is 0.124 e. The Morgan fingerprint density at radius 3 is 2.45 bits per heavy atom. The standard InChI is InChI=1S/C16H14BrClFN/c17-12-3-1-10(2-4-12)11-7-14(8-11)20-16-6-5-13(19)9-15(16)18/h1-6,9,11,14,20H,7-8H2. The summed E-state index contributed by atoms with van der Waals surface area (Å²) in [7, 11) is 0. The molecule has 1 fully saturated rings. The maximum Gasteiger partial charge on any atom is 0.124 e. The first-order valence-electron chi connectivity index (χ1n) is 6.59. The lowest BCUT2D eigenvalue weighted by atomic mass is 9.76. The molecule has 1 aliphatic carbocycles. The Morgan fingerprint density at radius 2 is 1.80 bits per heavy atom. The minimum atomic E-state index is -0.304. The molecule has 2 aromatic rings. The van der Waals surface area contributed by atoms with Gasteiger partial charge in [-0.1, -0.05) is 39.7 Å². The van der Waals surface area contributed by atoms with E-state index in [1.54, 1.807) is 6.07 Å². The lowest BCUT2D eigenvalue weighted by Gasteiger charge is -2.37. The first-order valence-corrected chi connectivity index (χ1v) is 7.76. The molecule has 0 aromatic heterocycles. The van der Waals surface area contributed by atoms with Crippen LogP contribution in [0.4, 0.5) is 10.1 Å². The fourth-order valence-electron chi connectivity index (χ4n) is 2.57. The Bertz CT molecular complexity index is 608. The highest BCUT2D eigenvalue weighted by Gasteiger charge is 2.30. The van der Waals surface area contributed by atoms with Crippen LogP contribution >= 0.6 is 27.5 Å². The van der Waals surface area contributed by atoms with E-state index in [2.05, 4.69) is 45.5 Å². The Labute approximate surface area is 131 Å². The van der Waals surface area contributed by atoms with E-state index in [0.29, 0.717) is 17.0 Å². The van der Waals surface area contributed by atoms with E-state index in [0.717, 1.165) is 23.0 Å². The second kappa shape index (κ2) is 5.74. The summed E-state index contributed by atoms with van der Waals surface area (Å²) in [4.78, 5) is 0. The highest BCUT2D eigenvalue weighted by molar-refractivity contribution is 9.10. The molecular formula is C16H14BrClFN. The number of benzene rings is 2. The van der Waals surface area contributed by atoms with Crippen molar-refractivity contribution in [3.63, 3.8) is 0 Å². The first-order chi connectivity index (χ1) is 9.61. The van der Waals surface area contributed by atoms with Crippen molar-refractivity contribution in [3.05, 3.63) is 63.3 Å². The van der Waals surface area contributed by atoms with Crippen molar-refractivity contribution in [2.24, 2.45) is 0 Å². The molecule has 20 heavy (non-hydrogen) atoms. The first kappa shape index (κ1) is 13.9. The molecule has 0 unspecified atom stereocenters. The predicted octanol–water partition coefficient (Wildman–Crippen LogP) is 5.60. The number of rotatable bonds is 3. The van der Waals surface area contributed by atoms with Crippen molar-refractivity contribution in [1.29, 1.82) is 0 Å². The van der Waals surface area contributed by atoms with Gasteiger partial charge in [0.1, 0.15) is 5.82 Å². The van der Waals surface area contributed by atoms with Gasteiger partial charge in [0.25, 0.3) is 0 Å². The molecule has 0 amide bonds. The van der Waals surface area contributed by atoms with Crippen LogP contribution in [0.3, 0.4) is 0 Å². The van der Waals surface area contributed by atoms with Crippen LogP contribution in [-0.2, 0) is 0 Å². The number of halogens is 3. The summed E-state index contributed by atoms with van der Waals surface area (Å²) in [6, 6.07) is 13.4. The highest BCUT2D eigenvalue weighted by Crippen LogP contribution is 2.39. The van der Waals surface area contributed by atoms with Gasteiger partial charge in [-0.25, -0.2) is 4.39 Å². The van der Waals surface area contributed by atoms with Crippen molar-refractivity contribution in [2.75, 3.05) is 5.32 Å². The second-order valence-electron chi connectivity index (χ2n) is 5.19. The molecule has 0 radical (unpaired) electrons. The average Bonchev–Trinajstić information content (AvgIpc) is 2.37. The molecule has 0 aliphatic heterocycles. The average molecular weight is 355 g/mol. The third-order valence-electron chi connectivity index (χ3n) is 3.77. The van der Waals surface area contributed by atoms with E-state index in [1.807, 2.05) is 0 Å². The fraction of sp³-hybridized carbons (Fsp3) is 0.250. The van der Waals surface area contributed by atoms with Gasteiger partial charge in [0.05, 0.1) is 10.7 Å². The zero-order valence-corrected chi connectivity index (χ0v) is 13.1. The van der Waals surface area contributed by atoms with Gasteiger partial charge in [0.2, 0.25) is 0 Å². The van der Waals surface area contributed by atoms with Crippen LogP contribution in [0.15, 0.2) is 46.9 Å². The van der Waals surface area contributed by atoms with E-state index < -0.39 is 0 Å². The van der Waals surface area contributed by atoms with E-state index >= 15 is 0 Å². The molecule has 4 heteroatoms. The van der Waals surface area contributed by atoms with Crippen LogP contribution in [0.1, 0.15) is 24.3 Å². The molecule has 0 atom stereocenters. The SMILES string of the molecule is Fc1ccc(NC2CC(c3ccc(Br)cc3)C2)c(Cl)c1. The van der Waals surface area contributed by atoms with Gasteiger partial charge < -0.3 is 5.32 Å². The Balaban J connectivity index is 1.59. The number of anilines is 1. The van der Waals surface area contributed by atoms with Gasteiger partial charge in [-0.05, 0) is 54.7 Å². The Kier molecular flexibility index (Phi) is 3.99. The topological polar surface area (TPSA) is 12.0 Å². The third kappa shape index (κ3) is 2.99. The molecule has 0 spiro atoms. The highest BCUT2D eigenvalue weighted by atomic mass is 79.9. The molecule has 0 bridgehead atoms. The largest absolute Gasteiger partial charge is 0.381 e. The molecule has 1 N–H and O–H groups in total. The van der Waals surface area contributed by atoms with Crippen LogP contribution < -0.4 is 5.32 Å². The summed E-state index contributed by atoms with van der Waals surface area (Å²) in [5.74, 6) is 0.293. The third-order valence-corrected chi connectivity index (χ3v) is 4.61. The maximum atomic E-state index is 13.0. The summed E-state index contributed by atoms with van der Waals surface area (Å²) in [6.45, 7) is 0. The molecule has 3 rings (SSSR count). The molecule has 1 nitrogen and oxygen atoms in total. The van der Waals surface area contributed by atoms with E-state index in [1.165, 1.54) is 17.7 Å². The van der Waals surface area contributed by atoms with E-state index in [4.69, 9.17) is 11.6 Å². The van der Waals surface area contributed by atoms with Gasteiger partial charge >= 0.3 is 0 Å². The molecule has 1 aliphatic rings. The van der Waals surface area contributed by atoms with Crippen molar-refractivity contribution >= 4 is 33.2 Å². The minimum absolute atomic E-state index is 0.304. The molecular weight excluding hydrogens is 341 g/mol. The summed E-state index contributed by atoms with van der Waals surface area (Å²) < 4.78 is 14.1. The van der Waals surface area contributed by atoms with E-state index in [-0.39, 0.29) is 5.82 Å². The van der Waals surface area contributed by atoms with Crippen LogP contribution in [0, 0.1) is 5.82 Å². The zero-order valence-electron chi connectivity index (χ0n) is 10.7. The quantitative estimate of drug-likeness (QED) is 0.756. The van der Waals surface area contributed by atoms with Crippen molar-refractivity contribution in [2.45, 2.75) is 24.8 Å². The second-order valence-corrected chi connectivity index (χ2v) is 6.51. The summed E-state index contributed by atoms with van der Waals surface area (Å²) >= 11 is 9.46. The minimum Gasteiger partial charge on any atom is -0.381 e. The molecule has 1 saturated carbocycles. The normalized spacial score (nSPS) is 21.4. The van der Waals surface area contributed by atoms with E-state index in [9.17, 15) is 4.39 Å². The zero-order chi connectivity index (χ0) is 14.1. The number of nitrogens with one attached hydrogen (secondary N) is 1. The Hall–Kier alpha value is -1.06. The van der Waals surface area contributed by atoms with Crippen LogP contribution in [0.5, 0.6) is 0 Å². The lowest BCUT2D eigenvalue weighted by Crippen LogP contribution is -2.34. The Morgan fingerprint density at radius 1 is 1.10 bits per heavy atom. The molecule has 0 heterocycles. The van der Waals surface area contributed by atoms with Gasteiger partial charge in [0.15, 0.2) is 0 Å². The van der Waals surface area contributed by atoms with Crippen molar-refractivity contribution < 1.29 is 4.39 Å². The molecule has 2 aromatic carbocycles. The maximum absolute atomic E-state index is 13.0. The number of hydrogen-bond acceptors (Lipinski definition) is 1. The van der Waals surface area contributed by atoms with Gasteiger partial charge in [-0.15, -0.1) is 0 Å². The molecule has 0 saturated heterocycles. The molecule has 104 valence electrons. The summed E-state index contributed by atoms with van der Waals surface area (Å²) in [6.07, 6.45) is 2.16. The van der Waals surface area contributed by atoms with Gasteiger partial charge in [-0.2, -0.15) is 0 Å². The lowest BCUT2D eigenvalue weighted by molar-refractivity contribution is 0.374. The van der Waals surface area contributed by atoms with Gasteiger partial charge in [-0.3, -0.25) is 0 Å². The predicted molar refractivity (Wildman–Crippen MR) is 84.9 cm³/mol. The fourth-order valence-corrected chi connectivity index (χ4v) is 3.06. The monoisotopic (exact) mass is 353 g/mol. The summed E-state index contributed by atoms with van der Waals surface area (Å²) in [5, 5.41) is 3.82. The van der Waals surface area contributed by atoms with Crippen LogP contribution in [-0.4, -0.2) is 6.04 Å². The number of hydrogen-bond donors (Lipinski definition) is 1.